The van der Waals surface area contributed by atoms with E-state index in [1.54, 1.807) is 0 Å². The minimum absolute atomic E-state index is 0.0869. The molecular formula is C13H22N4O. The van der Waals surface area contributed by atoms with E-state index in [1.807, 2.05) is 20.9 Å². The lowest BCUT2D eigenvalue weighted by Gasteiger charge is -2.17. The molecule has 2 rings (SSSR count). The van der Waals surface area contributed by atoms with E-state index in [0.29, 0.717) is 0 Å². The number of nitrogens with zero attached hydrogens (tertiary/aromatic N) is 2. The number of nitrogens with one attached hydrogen (secondary N) is 2. The summed E-state index contributed by atoms with van der Waals surface area (Å²) in [6.07, 6.45) is 3.01. The molecule has 1 aromatic heterocycles. The van der Waals surface area contributed by atoms with Gasteiger partial charge in [0.1, 0.15) is 17.5 Å². The molecule has 0 spiro atoms. The highest BCUT2D eigenvalue weighted by molar-refractivity contribution is 5.57. The molecule has 0 unspecified atom stereocenters. The average Bonchev–Trinajstić information content (AvgIpc) is 3.18. The van der Waals surface area contributed by atoms with E-state index >= 15 is 0 Å². The minimum Gasteiger partial charge on any atom is -0.396 e. The monoisotopic (exact) mass is 250 g/mol. The lowest BCUT2D eigenvalue weighted by atomic mass is 10.1. The van der Waals surface area contributed by atoms with Crippen molar-refractivity contribution in [1.82, 2.24) is 9.97 Å². The van der Waals surface area contributed by atoms with Crippen LogP contribution in [0.4, 0.5) is 11.6 Å². The second kappa shape index (κ2) is 5.10. The first-order chi connectivity index (χ1) is 8.64. The summed E-state index contributed by atoms with van der Waals surface area (Å²) in [5.74, 6) is 2.59. The quantitative estimate of drug-likeness (QED) is 0.715. The number of hydrogen-bond donors (Lipinski definition) is 3. The number of aromatic nitrogens is 2. The summed E-state index contributed by atoms with van der Waals surface area (Å²) in [5, 5.41) is 15.8. The Kier molecular flexibility index (Phi) is 3.71. The predicted octanol–water partition coefficient (Wildman–Crippen LogP) is 1.57. The number of aliphatic hydroxyl groups excluding tert-OH is 1. The van der Waals surface area contributed by atoms with Crippen LogP contribution in [-0.4, -0.2) is 35.3 Å². The maximum absolute atomic E-state index is 9.32. The third kappa shape index (κ3) is 2.56. The number of aliphatic hydroxyl groups is 1. The smallest absolute Gasteiger partial charge is 0.134 e. The average molecular weight is 250 g/mol. The van der Waals surface area contributed by atoms with Gasteiger partial charge >= 0.3 is 0 Å². The van der Waals surface area contributed by atoms with Crippen LogP contribution in [0.15, 0.2) is 0 Å². The fourth-order valence-corrected chi connectivity index (χ4v) is 1.98. The summed E-state index contributed by atoms with van der Waals surface area (Å²) in [6, 6.07) is 0. The van der Waals surface area contributed by atoms with Crippen molar-refractivity contribution in [3.63, 3.8) is 0 Å². The summed E-state index contributed by atoms with van der Waals surface area (Å²) in [6.45, 7) is 5.09. The van der Waals surface area contributed by atoms with Crippen molar-refractivity contribution in [1.29, 1.82) is 0 Å². The van der Waals surface area contributed by atoms with Gasteiger partial charge < -0.3 is 15.7 Å². The number of hydrogen-bond acceptors (Lipinski definition) is 5. The van der Waals surface area contributed by atoms with Gasteiger partial charge in [0.25, 0.3) is 0 Å². The summed E-state index contributed by atoms with van der Waals surface area (Å²) < 4.78 is 0. The van der Waals surface area contributed by atoms with Crippen LogP contribution < -0.4 is 10.6 Å². The summed E-state index contributed by atoms with van der Waals surface area (Å²) >= 11 is 0. The molecule has 0 radical (unpaired) electrons. The molecule has 100 valence electrons. The van der Waals surface area contributed by atoms with E-state index < -0.39 is 0 Å². The van der Waals surface area contributed by atoms with Gasteiger partial charge in [0.2, 0.25) is 0 Å². The molecule has 1 fully saturated rings. The van der Waals surface area contributed by atoms with Crippen molar-refractivity contribution in [2.75, 3.05) is 30.8 Å². The summed E-state index contributed by atoms with van der Waals surface area (Å²) in [7, 11) is 1.87. The minimum atomic E-state index is 0.0869. The van der Waals surface area contributed by atoms with Gasteiger partial charge in [0.15, 0.2) is 0 Å². The van der Waals surface area contributed by atoms with Gasteiger partial charge in [-0.1, -0.05) is 6.92 Å². The highest BCUT2D eigenvalue weighted by atomic mass is 16.3. The molecule has 0 amide bonds. The van der Waals surface area contributed by atoms with Crippen molar-refractivity contribution < 1.29 is 5.11 Å². The van der Waals surface area contributed by atoms with E-state index in [4.69, 9.17) is 0 Å². The third-order valence-electron chi connectivity index (χ3n) is 3.67. The molecule has 1 heterocycles. The van der Waals surface area contributed by atoms with Gasteiger partial charge in [-0.25, -0.2) is 9.97 Å². The molecule has 3 N–H and O–H groups in total. The molecular weight excluding hydrogens is 228 g/mol. The van der Waals surface area contributed by atoms with Crippen molar-refractivity contribution in [2.24, 2.45) is 5.41 Å². The molecule has 0 saturated heterocycles. The highest BCUT2D eigenvalue weighted by Gasteiger charge is 2.41. The van der Waals surface area contributed by atoms with Crippen molar-refractivity contribution in [3.8, 4) is 0 Å². The Balaban J connectivity index is 2.15. The standard InChI is InChI=1S/C13H22N4O/c1-4-10-16-11(14-3)9(2)12(17-10)15-7-13(8-18)5-6-13/h18H,4-8H2,1-3H3,(H2,14,15,16,17). The summed E-state index contributed by atoms with van der Waals surface area (Å²) in [4.78, 5) is 8.96. The van der Waals surface area contributed by atoms with Crippen LogP contribution >= 0.6 is 0 Å². The van der Waals surface area contributed by atoms with E-state index in [1.165, 1.54) is 0 Å². The molecule has 18 heavy (non-hydrogen) atoms. The van der Waals surface area contributed by atoms with Crippen LogP contribution in [0.1, 0.15) is 31.2 Å². The van der Waals surface area contributed by atoms with E-state index in [9.17, 15) is 5.11 Å². The van der Waals surface area contributed by atoms with E-state index in [2.05, 4.69) is 20.6 Å². The Hall–Kier alpha value is -1.36. The molecule has 5 nitrogen and oxygen atoms in total. The molecule has 1 aliphatic carbocycles. The Labute approximate surface area is 108 Å². The largest absolute Gasteiger partial charge is 0.396 e. The molecule has 1 saturated carbocycles. The van der Waals surface area contributed by atoms with Crippen molar-refractivity contribution >= 4 is 11.6 Å². The highest BCUT2D eigenvalue weighted by Crippen LogP contribution is 2.45. The van der Waals surface area contributed by atoms with Crippen LogP contribution in [0.3, 0.4) is 0 Å². The SMILES string of the molecule is CCc1nc(NC)c(C)c(NCC2(CO)CC2)n1. The second-order valence-electron chi connectivity index (χ2n) is 5.08. The van der Waals surface area contributed by atoms with Gasteiger partial charge in [-0.2, -0.15) is 0 Å². The van der Waals surface area contributed by atoms with Crippen molar-refractivity contribution in [2.45, 2.75) is 33.1 Å². The van der Waals surface area contributed by atoms with Gasteiger partial charge in [0, 0.05) is 31.0 Å². The van der Waals surface area contributed by atoms with Crippen molar-refractivity contribution in [3.05, 3.63) is 11.4 Å². The molecule has 0 atom stereocenters. The Morgan fingerprint density at radius 3 is 2.44 bits per heavy atom. The first-order valence-corrected chi connectivity index (χ1v) is 6.54. The Morgan fingerprint density at radius 1 is 1.28 bits per heavy atom. The van der Waals surface area contributed by atoms with Crippen LogP contribution in [0.2, 0.25) is 0 Å². The van der Waals surface area contributed by atoms with Crippen LogP contribution in [0, 0.1) is 12.3 Å². The maximum Gasteiger partial charge on any atom is 0.134 e. The molecule has 0 aromatic carbocycles. The molecule has 1 aromatic rings. The Bertz CT molecular complexity index is 429. The molecule has 0 bridgehead atoms. The van der Waals surface area contributed by atoms with Gasteiger partial charge in [-0.3, -0.25) is 0 Å². The summed E-state index contributed by atoms with van der Waals surface area (Å²) in [5.41, 5.74) is 1.12. The first kappa shape index (κ1) is 13.1. The van der Waals surface area contributed by atoms with Gasteiger partial charge in [-0.05, 0) is 19.8 Å². The first-order valence-electron chi connectivity index (χ1n) is 6.54. The fraction of sp³-hybridized carbons (Fsp3) is 0.692. The lowest BCUT2D eigenvalue weighted by molar-refractivity contribution is 0.219. The normalized spacial score (nSPS) is 16.4. The zero-order valence-corrected chi connectivity index (χ0v) is 11.4. The predicted molar refractivity (Wildman–Crippen MR) is 72.9 cm³/mol. The van der Waals surface area contributed by atoms with E-state index in [-0.39, 0.29) is 12.0 Å². The molecule has 5 heteroatoms. The van der Waals surface area contributed by atoms with Crippen LogP contribution in [0.5, 0.6) is 0 Å². The van der Waals surface area contributed by atoms with E-state index in [0.717, 1.165) is 48.8 Å². The number of anilines is 2. The third-order valence-corrected chi connectivity index (χ3v) is 3.67. The second-order valence-corrected chi connectivity index (χ2v) is 5.08. The van der Waals surface area contributed by atoms with Gasteiger partial charge in [0.05, 0.1) is 6.61 Å². The van der Waals surface area contributed by atoms with Crippen LogP contribution in [0.25, 0.3) is 0 Å². The fourth-order valence-electron chi connectivity index (χ4n) is 1.98. The zero-order chi connectivity index (χ0) is 13.2. The molecule has 1 aliphatic rings. The van der Waals surface area contributed by atoms with Gasteiger partial charge in [-0.15, -0.1) is 0 Å². The topological polar surface area (TPSA) is 70.1 Å². The maximum atomic E-state index is 9.32. The number of rotatable bonds is 6. The molecule has 0 aliphatic heterocycles. The lowest BCUT2D eigenvalue weighted by Crippen LogP contribution is -2.21. The Morgan fingerprint density at radius 2 is 1.94 bits per heavy atom. The number of aryl methyl sites for hydroxylation is 1. The van der Waals surface area contributed by atoms with Crippen LogP contribution in [-0.2, 0) is 6.42 Å². The zero-order valence-electron chi connectivity index (χ0n) is 11.4.